The molecule has 238 valence electrons. The van der Waals surface area contributed by atoms with Crippen LogP contribution in [0.25, 0.3) is 5.69 Å². The number of non-ortho nitro benzene ring substituents is 1. The highest BCUT2D eigenvalue weighted by molar-refractivity contribution is 7.99. The molecule has 2 aromatic heterocycles. The molecular formula is C34H31N7O4S2. The Labute approximate surface area is 279 Å². The predicted molar refractivity (Wildman–Crippen MR) is 182 cm³/mol. The van der Waals surface area contributed by atoms with Crippen LogP contribution in [-0.2, 0) is 11.3 Å². The highest BCUT2D eigenvalue weighted by Crippen LogP contribution is 2.35. The van der Waals surface area contributed by atoms with Crippen molar-refractivity contribution in [2.24, 2.45) is 5.10 Å². The molecule has 1 atom stereocenters. The quantitative estimate of drug-likeness (QED) is 0.101. The van der Waals surface area contributed by atoms with Crippen molar-refractivity contribution in [1.82, 2.24) is 25.1 Å². The second-order valence-corrected chi connectivity index (χ2v) is 13.0. The van der Waals surface area contributed by atoms with Crippen LogP contribution in [0.3, 0.4) is 0 Å². The zero-order chi connectivity index (χ0) is 33.1. The number of nitro benzene ring substituents is 1. The van der Waals surface area contributed by atoms with Gasteiger partial charge in [-0.1, -0.05) is 59.8 Å². The van der Waals surface area contributed by atoms with Gasteiger partial charge in [-0.15, -0.1) is 21.5 Å². The second kappa shape index (κ2) is 13.7. The Balaban J connectivity index is 1.24. The molecule has 1 aliphatic heterocycles. The molecule has 13 heteroatoms. The molecule has 1 N–H and O–H groups in total. The molecule has 0 aliphatic carbocycles. The Morgan fingerprint density at radius 3 is 2.47 bits per heavy atom. The number of thiophene rings is 1. The molecule has 11 nitrogen and oxygen atoms in total. The molecule has 3 aromatic carbocycles. The average Bonchev–Trinajstić information content (AvgIpc) is 3.85. The molecule has 2 amide bonds. The second-order valence-electron chi connectivity index (χ2n) is 11.1. The van der Waals surface area contributed by atoms with Gasteiger partial charge in [0.1, 0.15) is 0 Å². The highest BCUT2D eigenvalue weighted by Gasteiger charge is 2.33. The van der Waals surface area contributed by atoms with E-state index < -0.39 is 10.8 Å². The van der Waals surface area contributed by atoms with Crippen LogP contribution < -0.4 is 5.32 Å². The normalized spacial score (nSPS) is 14.2. The van der Waals surface area contributed by atoms with Gasteiger partial charge in [0, 0.05) is 24.1 Å². The van der Waals surface area contributed by atoms with E-state index in [2.05, 4.69) is 27.6 Å². The number of carbonyl (C=O) groups excluding carboxylic acids is 2. The lowest BCUT2D eigenvalue weighted by atomic mass is 10.00. The highest BCUT2D eigenvalue weighted by atomic mass is 32.2. The zero-order valence-corrected chi connectivity index (χ0v) is 27.5. The fraction of sp³-hybridized carbons (Fsp3) is 0.206. The molecule has 0 spiro atoms. The van der Waals surface area contributed by atoms with Gasteiger partial charge in [-0.3, -0.25) is 24.3 Å². The number of aromatic nitrogens is 3. The first-order chi connectivity index (χ1) is 22.7. The van der Waals surface area contributed by atoms with E-state index in [4.69, 9.17) is 5.10 Å². The summed E-state index contributed by atoms with van der Waals surface area (Å²) in [4.78, 5) is 38.3. The largest absolute Gasteiger partial charge is 0.345 e. The van der Waals surface area contributed by atoms with Crippen molar-refractivity contribution in [3.05, 3.63) is 133 Å². The maximum Gasteiger partial charge on any atom is 0.269 e. The molecule has 0 radical (unpaired) electrons. The summed E-state index contributed by atoms with van der Waals surface area (Å²) in [5.74, 6) is -0.0199. The summed E-state index contributed by atoms with van der Waals surface area (Å²) < 4.78 is 1.86. The number of carbonyl (C=O) groups is 2. The molecule has 1 aliphatic rings. The predicted octanol–water partition coefficient (Wildman–Crippen LogP) is 6.56. The van der Waals surface area contributed by atoms with Crippen LogP contribution in [0.2, 0.25) is 0 Å². The first kappa shape index (κ1) is 31.8. The smallest absolute Gasteiger partial charge is 0.269 e. The number of nitrogens with zero attached hydrogens (tertiary/aromatic N) is 6. The topological polar surface area (TPSA) is 136 Å². The van der Waals surface area contributed by atoms with Crippen LogP contribution in [0, 0.1) is 30.9 Å². The lowest BCUT2D eigenvalue weighted by Gasteiger charge is -2.22. The molecule has 1 unspecified atom stereocenters. The van der Waals surface area contributed by atoms with Crippen molar-refractivity contribution >= 4 is 46.3 Å². The Morgan fingerprint density at radius 1 is 1.00 bits per heavy atom. The van der Waals surface area contributed by atoms with Gasteiger partial charge in [0.2, 0.25) is 0 Å². The number of thioether (sulfide) groups is 1. The van der Waals surface area contributed by atoms with Crippen molar-refractivity contribution < 1.29 is 14.5 Å². The molecule has 3 heterocycles. The maximum absolute atomic E-state index is 13.8. The van der Waals surface area contributed by atoms with Crippen LogP contribution in [0.4, 0.5) is 5.69 Å². The lowest BCUT2D eigenvalue weighted by molar-refractivity contribution is -0.384. The molecule has 0 fully saturated rings. The first-order valence-electron chi connectivity index (χ1n) is 14.9. The average molecular weight is 666 g/mol. The van der Waals surface area contributed by atoms with Crippen molar-refractivity contribution in [3.63, 3.8) is 0 Å². The summed E-state index contributed by atoms with van der Waals surface area (Å²) in [5.41, 5.74) is 6.14. The number of nitrogens with one attached hydrogen (secondary N) is 1. The van der Waals surface area contributed by atoms with Crippen molar-refractivity contribution in [3.8, 4) is 5.69 Å². The molecular weight excluding hydrogens is 635 g/mol. The summed E-state index contributed by atoms with van der Waals surface area (Å²) in [6.45, 7) is 6.09. The zero-order valence-electron chi connectivity index (χ0n) is 25.9. The number of amides is 2. The van der Waals surface area contributed by atoms with E-state index in [0.717, 1.165) is 38.5 Å². The van der Waals surface area contributed by atoms with E-state index in [1.54, 1.807) is 16.3 Å². The Kier molecular flexibility index (Phi) is 9.27. The Bertz CT molecular complexity index is 1970. The summed E-state index contributed by atoms with van der Waals surface area (Å²) in [5, 5.41) is 31.6. The minimum atomic E-state index is -0.514. The van der Waals surface area contributed by atoms with Gasteiger partial charge in [-0.2, -0.15) is 5.10 Å². The fourth-order valence-electron chi connectivity index (χ4n) is 5.30. The van der Waals surface area contributed by atoms with Gasteiger partial charge in [-0.25, -0.2) is 5.01 Å². The van der Waals surface area contributed by atoms with Crippen LogP contribution in [-0.4, -0.2) is 48.0 Å². The molecule has 47 heavy (non-hydrogen) atoms. The Morgan fingerprint density at radius 2 is 1.77 bits per heavy atom. The van der Waals surface area contributed by atoms with E-state index in [1.807, 2.05) is 73.2 Å². The molecule has 0 saturated carbocycles. The molecule has 0 saturated heterocycles. The number of rotatable bonds is 10. The summed E-state index contributed by atoms with van der Waals surface area (Å²) in [6, 6.07) is 23.3. The number of aryl methyl sites for hydroxylation is 2. The monoisotopic (exact) mass is 665 g/mol. The van der Waals surface area contributed by atoms with E-state index in [0.29, 0.717) is 17.4 Å². The van der Waals surface area contributed by atoms with Crippen molar-refractivity contribution in [1.29, 1.82) is 0 Å². The van der Waals surface area contributed by atoms with Gasteiger partial charge < -0.3 is 5.32 Å². The minimum absolute atomic E-state index is 0.0425. The van der Waals surface area contributed by atoms with E-state index in [9.17, 15) is 19.7 Å². The van der Waals surface area contributed by atoms with E-state index >= 15 is 0 Å². The molecule has 5 aromatic rings. The number of hydrogen-bond acceptors (Lipinski definition) is 9. The van der Waals surface area contributed by atoms with E-state index in [-0.39, 0.29) is 35.5 Å². The summed E-state index contributed by atoms with van der Waals surface area (Å²) in [6.07, 6.45) is 0.622. The van der Waals surface area contributed by atoms with Gasteiger partial charge in [0.15, 0.2) is 11.0 Å². The Hall–Kier alpha value is -5.14. The molecule has 0 bridgehead atoms. The van der Waals surface area contributed by atoms with Gasteiger partial charge in [0.05, 0.1) is 39.5 Å². The van der Waals surface area contributed by atoms with Crippen LogP contribution in [0.15, 0.2) is 94.5 Å². The third-order valence-corrected chi connectivity index (χ3v) is 9.86. The first-order valence-corrected chi connectivity index (χ1v) is 16.7. The minimum Gasteiger partial charge on any atom is -0.345 e. The van der Waals surface area contributed by atoms with Crippen LogP contribution >= 0.6 is 23.1 Å². The third kappa shape index (κ3) is 6.86. The number of nitro groups is 1. The van der Waals surface area contributed by atoms with Gasteiger partial charge in [-0.05, 0) is 67.1 Å². The summed E-state index contributed by atoms with van der Waals surface area (Å²) in [7, 11) is 0. The standard InChI is InChI=1S/C34H31N7O4S2/c1-21-9-11-24(12-10-21)29-18-27(30-8-5-17-46-30)38-40(29)32(42)20-47-34-37-36-31(39(34)28-7-4-6-22(2)23(28)3)19-35-33(43)25-13-15-26(16-14-25)41(44)45/h4-17,29H,18-20H2,1-3H3,(H,35,43). The number of hydrogen-bond donors (Lipinski definition) is 1. The van der Waals surface area contributed by atoms with Crippen molar-refractivity contribution in [2.75, 3.05) is 5.75 Å². The third-order valence-electron chi connectivity index (χ3n) is 8.02. The molecule has 6 rings (SSSR count). The van der Waals surface area contributed by atoms with Crippen LogP contribution in [0.1, 0.15) is 55.8 Å². The SMILES string of the molecule is Cc1ccc(C2CC(c3cccs3)=NN2C(=O)CSc2nnc(CNC(=O)c3ccc([N+](=O)[O-])cc3)n2-c2cccc(C)c2C)cc1. The van der Waals surface area contributed by atoms with Gasteiger partial charge >= 0.3 is 0 Å². The fourth-order valence-corrected chi connectivity index (χ4v) is 6.83. The number of hydrazone groups is 1. The van der Waals surface area contributed by atoms with Gasteiger partial charge in [0.25, 0.3) is 17.5 Å². The van der Waals surface area contributed by atoms with Crippen LogP contribution in [0.5, 0.6) is 0 Å². The number of benzene rings is 3. The lowest BCUT2D eigenvalue weighted by Crippen LogP contribution is -2.28. The van der Waals surface area contributed by atoms with Crippen molar-refractivity contribution in [2.45, 2.75) is 44.9 Å². The maximum atomic E-state index is 13.8. The van der Waals surface area contributed by atoms with E-state index in [1.165, 1.54) is 36.0 Å². The summed E-state index contributed by atoms with van der Waals surface area (Å²) >= 11 is 2.86.